The Morgan fingerprint density at radius 2 is 1.59 bits per heavy atom. The molecule has 0 aliphatic carbocycles. The summed E-state index contributed by atoms with van der Waals surface area (Å²) in [5, 5.41) is 5.37. The van der Waals surface area contributed by atoms with Crippen LogP contribution in [-0.2, 0) is 20.4 Å². The quantitative estimate of drug-likeness (QED) is 0.613. The second-order valence-electron chi connectivity index (χ2n) is 6.27. The second-order valence-corrected chi connectivity index (χ2v) is 8.26. The lowest BCUT2D eigenvalue weighted by molar-refractivity contribution is -0.115. The molecule has 0 fully saturated rings. The molecule has 3 aromatic rings. The van der Waals surface area contributed by atoms with Gasteiger partial charge in [-0.15, -0.1) is 0 Å². The lowest BCUT2D eigenvalue weighted by Crippen LogP contribution is -2.12. The molecular weight excluding hydrogens is 392 g/mol. The Hall–Kier alpha value is -3.39. The maximum atomic E-state index is 12.4. The molecule has 0 aliphatic heterocycles. The van der Waals surface area contributed by atoms with Crippen molar-refractivity contribution in [3.05, 3.63) is 78.3 Å². The lowest BCUT2D eigenvalue weighted by Gasteiger charge is -2.07. The van der Waals surface area contributed by atoms with E-state index in [2.05, 4.69) is 10.6 Å². The minimum atomic E-state index is -3.57. The molecule has 29 heavy (non-hydrogen) atoms. The SMILES string of the molecule is CCC(=O)Nc1cccc(NC(=O)c2ccc(CS(=O)(=O)c3ccccc3)o2)c1. The van der Waals surface area contributed by atoms with Gasteiger partial charge in [-0.2, -0.15) is 0 Å². The van der Waals surface area contributed by atoms with Crippen molar-refractivity contribution in [3.63, 3.8) is 0 Å². The molecule has 0 aliphatic rings. The predicted molar refractivity (Wildman–Crippen MR) is 109 cm³/mol. The third kappa shape index (κ3) is 5.32. The number of hydrogen-bond acceptors (Lipinski definition) is 5. The van der Waals surface area contributed by atoms with Crippen molar-refractivity contribution in [2.75, 3.05) is 10.6 Å². The molecule has 0 radical (unpaired) electrons. The minimum Gasteiger partial charge on any atom is -0.455 e. The van der Waals surface area contributed by atoms with Gasteiger partial charge in [-0.1, -0.05) is 31.2 Å². The molecular formula is C21H20N2O5S. The fraction of sp³-hybridized carbons (Fsp3) is 0.143. The number of hydrogen-bond donors (Lipinski definition) is 2. The smallest absolute Gasteiger partial charge is 0.291 e. The number of sulfone groups is 1. The van der Waals surface area contributed by atoms with Crippen LogP contribution in [0.1, 0.15) is 29.7 Å². The molecule has 3 rings (SSSR count). The van der Waals surface area contributed by atoms with Crippen LogP contribution in [0.5, 0.6) is 0 Å². The van der Waals surface area contributed by atoms with E-state index in [1.54, 1.807) is 49.4 Å². The second kappa shape index (κ2) is 8.74. The molecule has 0 saturated carbocycles. The van der Waals surface area contributed by atoms with Crippen molar-refractivity contribution in [1.29, 1.82) is 0 Å². The Labute approximate surface area is 168 Å². The fourth-order valence-electron chi connectivity index (χ4n) is 2.59. The molecule has 2 amide bonds. The highest BCUT2D eigenvalue weighted by atomic mass is 32.2. The third-order valence-corrected chi connectivity index (χ3v) is 5.70. The zero-order valence-corrected chi connectivity index (χ0v) is 16.5. The molecule has 7 nitrogen and oxygen atoms in total. The zero-order chi connectivity index (χ0) is 20.9. The van der Waals surface area contributed by atoms with Crippen molar-refractivity contribution in [2.45, 2.75) is 24.0 Å². The van der Waals surface area contributed by atoms with E-state index in [1.165, 1.54) is 24.3 Å². The normalized spacial score (nSPS) is 11.1. The van der Waals surface area contributed by atoms with Crippen LogP contribution in [0.4, 0.5) is 11.4 Å². The summed E-state index contributed by atoms with van der Waals surface area (Å²) in [5.41, 5.74) is 1.03. The maximum absolute atomic E-state index is 12.4. The van der Waals surface area contributed by atoms with Gasteiger partial charge in [0.1, 0.15) is 11.5 Å². The highest BCUT2D eigenvalue weighted by molar-refractivity contribution is 7.90. The van der Waals surface area contributed by atoms with Gasteiger partial charge in [0.2, 0.25) is 5.91 Å². The van der Waals surface area contributed by atoms with Gasteiger partial charge in [0.15, 0.2) is 15.6 Å². The molecule has 0 unspecified atom stereocenters. The molecule has 150 valence electrons. The van der Waals surface area contributed by atoms with E-state index in [0.717, 1.165) is 0 Å². The zero-order valence-electron chi connectivity index (χ0n) is 15.7. The highest BCUT2D eigenvalue weighted by Gasteiger charge is 2.19. The molecule has 0 atom stereocenters. The Balaban J connectivity index is 1.68. The summed E-state index contributed by atoms with van der Waals surface area (Å²) in [6.07, 6.45) is 0.345. The van der Waals surface area contributed by atoms with E-state index in [9.17, 15) is 18.0 Å². The first-order chi connectivity index (χ1) is 13.9. The standard InChI is InChI=1S/C21H20N2O5S/c1-2-20(24)22-15-7-6-8-16(13-15)23-21(25)19-12-11-17(28-19)14-29(26,27)18-9-4-3-5-10-18/h3-13H,2,14H2,1H3,(H,22,24)(H,23,25). The van der Waals surface area contributed by atoms with E-state index in [1.807, 2.05) is 0 Å². The average Bonchev–Trinajstić information content (AvgIpc) is 3.17. The summed E-state index contributed by atoms with van der Waals surface area (Å²) in [5.74, 6) is -0.839. The Morgan fingerprint density at radius 1 is 0.897 bits per heavy atom. The summed E-state index contributed by atoms with van der Waals surface area (Å²) < 4.78 is 30.3. The largest absolute Gasteiger partial charge is 0.455 e. The Morgan fingerprint density at radius 3 is 2.28 bits per heavy atom. The summed E-state index contributed by atoms with van der Waals surface area (Å²) in [4.78, 5) is 24.1. The van der Waals surface area contributed by atoms with Gasteiger partial charge in [-0.3, -0.25) is 9.59 Å². The number of carbonyl (C=O) groups excluding carboxylic acids is 2. The Bertz CT molecular complexity index is 1120. The van der Waals surface area contributed by atoms with Crippen molar-refractivity contribution >= 4 is 33.0 Å². The molecule has 0 spiro atoms. The van der Waals surface area contributed by atoms with Gasteiger partial charge in [0.05, 0.1) is 4.90 Å². The molecule has 0 saturated heterocycles. The summed E-state index contributed by atoms with van der Waals surface area (Å²) in [6, 6.07) is 17.6. The molecule has 2 aromatic carbocycles. The number of benzene rings is 2. The lowest BCUT2D eigenvalue weighted by atomic mass is 10.2. The van der Waals surface area contributed by atoms with Crippen LogP contribution < -0.4 is 10.6 Å². The van der Waals surface area contributed by atoms with Crippen molar-refractivity contribution in [2.24, 2.45) is 0 Å². The number of carbonyl (C=O) groups is 2. The fourth-order valence-corrected chi connectivity index (χ4v) is 3.86. The van der Waals surface area contributed by atoms with Crippen LogP contribution in [0.15, 0.2) is 76.0 Å². The first-order valence-electron chi connectivity index (χ1n) is 8.95. The number of furan rings is 1. The highest BCUT2D eigenvalue weighted by Crippen LogP contribution is 2.20. The van der Waals surface area contributed by atoms with Crippen molar-refractivity contribution in [1.82, 2.24) is 0 Å². The molecule has 1 heterocycles. The predicted octanol–water partition coefficient (Wildman–Crippen LogP) is 3.85. The van der Waals surface area contributed by atoms with E-state index in [4.69, 9.17) is 4.42 Å². The first kappa shape index (κ1) is 20.3. The monoisotopic (exact) mass is 412 g/mol. The van der Waals surface area contributed by atoms with Crippen LogP contribution in [0.3, 0.4) is 0 Å². The Kier molecular flexibility index (Phi) is 6.13. The van der Waals surface area contributed by atoms with E-state index in [-0.39, 0.29) is 28.1 Å². The van der Waals surface area contributed by atoms with Crippen LogP contribution >= 0.6 is 0 Å². The van der Waals surface area contributed by atoms with Crippen LogP contribution in [-0.4, -0.2) is 20.2 Å². The van der Waals surface area contributed by atoms with Crippen molar-refractivity contribution in [3.8, 4) is 0 Å². The number of rotatable bonds is 7. The summed E-state index contributed by atoms with van der Waals surface area (Å²) >= 11 is 0. The average molecular weight is 412 g/mol. The van der Waals surface area contributed by atoms with Crippen LogP contribution in [0.2, 0.25) is 0 Å². The van der Waals surface area contributed by atoms with Crippen LogP contribution in [0.25, 0.3) is 0 Å². The third-order valence-electron chi connectivity index (χ3n) is 4.05. The summed E-state index contributed by atoms with van der Waals surface area (Å²) in [7, 11) is -3.57. The topological polar surface area (TPSA) is 105 Å². The summed E-state index contributed by atoms with van der Waals surface area (Å²) in [6.45, 7) is 1.74. The maximum Gasteiger partial charge on any atom is 0.291 e. The van der Waals surface area contributed by atoms with E-state index < -0.39 is 15.7 Å². The van der Waals surface area contributed by atoms with Gasteiger partial charge >= 0.3 is 0 Å². The molecule has 0 bridgehead atoms. The number of anilines is 2. The van der Waals surface area contributed by atoms with Crippen LogP contribution in [0, 0.1) is 0 Å². The number of nitrogens with one attached hydrogen (secondary N) is 2. The van der Waals surface area contributed by atoms with Crippen molar-refractivity contribution < 1.29 is 22.4 Å². The van der Waals surface area contributed by atoms with E-state index >= 15 is 0 Å². The van der Waals surface area contributed by atoms with Gasteiger partial charge in [-0.05, 0) is 42.5 Å². The van der Waals surface area contributed by atoms with Gasteiger partial charge in [0, 0.05) is 17.8 Å². The molecule has 8 heteroatoms. The number of amides is 2. The van der Waals surface area contributed by atoms with E-state index in [0.29, 0.717) is 17.8 Å². The van der Waals surface area contributed by atoms with Gasteiger partial charge in [-0.25, -0.2) is 8.42 Å². The molecule has 1 aromatic heterocycles. The van der Waals surface area contributed by atoms with Gasteiger partial charge < -0.3 is 15.1 Å². The van der Waals surface area contributed by atoms with Gasteiger partial charge in [0.25, 0.3) is 5.91 Å². The first-order valence-corrected chi connectivity index (χ1v) is 10.6. The molecule has 2 N–H and O–H groups in total. The minimum absolute atomic E-state index is 0.00809.